The van der Waals surface area contributed by atoms with Crippen molar-refractivity contribution < 1.29 is 4.79 Å². The zero-order valence-corrected chi connectivity index (χ0v) is 9.31. The first-order valence-electron chi connectivity index (χ1n) is 5.37. The highest BCUT2D eigenvalue weighted by Gasteiger charge is 2.13. The van der Waals surface area contributed by atoms with E-state index in [9.17, 15) is 4.79 Å². The van der Waals surface area contributed by atoms with Gasteiger partial charge < -0.3 is 0 Å². The number of nitrogens with zero attached hydrogens (tertiary/aromatic N) is 2. The molecule has 0 radical (unpaired) electrons. The van der Waals surface area contributed by atoms with Gasteiger partial charge in [0.1, 0.15) is 0 Å². The fraction of sp³-hybridized carbons (Fsp3) is 0.333. The highest BCUT2D eigenvalue weighted by molar-refractivity contribution is 5.93. The summed E-state index contributed by atoms with van der Waals surface area (Å²) in [5.41, 5.74) is 4.83. The normalized spacial score (nSPS) is 16.7. The van der Waals surface area contributed by atoms with Crippen molar-refractivity contribution in [2.75, 3.05) is 13.1 Å². The summed E-state index contributed by atoms with van der Waals surface area (Å²) in [6.45, 7) is 3.75. The molecular formula is C12H15N3O. The highest BCUT2D eigenvalue weighted by atomic mass is 16.2. The van der Waals surface area contributed by atoms with E-state index in [1.165, 1.54) is 5.57 Å². The van der Waals surface area contributed by atoms with Crippen molar-refractivity contribution >= 4 is 5.91 Å². The number of hydrogen-bond donors (Lipinski definition) is 1. The number of amides is 1. The first-order chi connectivity index (χ1) is 7.75. The maximum Gasteiger partial charge on any atom is 0.265 e. The second-order valence-corrected chi connectivity index (χ2v) is 3.94. The third-order valence-corrected chi connectivity index (χ3v) is 2.53. The van der Waals surface area contributed by atoms with E-state index >= 15 is 0 Å². The summed E-state index contributed by atoms with van der Waals surface area (Å²) in [6.07, 6.45) is 6.43. The van der Waals surface area contributed by atoms with Gasteiger partial charge in [0.25, 0.3) is 5.91 Å². The molecule has 0 atom stereocenters. The minimum atomic E-state index is -0.0721. The predicted molar refractivity (Wildman–Crippen MR) is 61.7 cm³/mol. The molecule has 2 heterocycles. The van der Waals surface area contributed by atoms with Gasteiger partial charge in [-0.3, -0.25) is 15.2 Å². The van der Waals surface area contributed by atoms with Crippen LogP contribution < -0.4 is 5.43 Å². The lowest BCUT2D eigenvalue weighted by Crippen LogP contribution is -2.44. The lowest BCUT2D eigenvalue weighted by atomic mass is 10.2. The summed E-state index contributed by atoms with van der Waals surface area (Å²) in [7, 11) is 0. The molecule has 1 N–H and O–H groups in total. The molecule has 0 saturated carbocycles. The van der Waals surface area contributed by atoms with Crippen molar-refractivity contribution in [3.63, 3.8) is 0 Å². The van der Waals surface area contributed by atoms with Crippen LogP contribution in [-0.4, -0.2) is 29.0 Å². The van der Waals surface area contributed by atoms with Crippen LogP contribution in [0.3, 0.4) is 0 Å². The molecule has 1 aliphatic rings. The molecule has 4 heteroatoms. The molecule has 0 unspecified atom stereocenters. The molecule has 2 rings (SSSR count). The van der Waals surface area contributed by atoms with Crippen molar-refractivity contribution in [2.24, 2.45) is 0 Å². The van der Waals surface area contributed by atoms with Crippen molar-refractivity contribution in [1.29, 1.82) is 0 Å². The van der Waals surface area contributed by atoms with Crippen LogP contribution in [-0.2, 0) is 0 Å². The van der Waals surface area contributed by atoms with Gasteiger partial charge in [-0.25, -0.2) is 5.01 Å². The average molecular weight is 217 g/mol. The maximum atomic E-state index is 11.8. The fourth-order valence-corrected chi connectivity index (χ4v) is 1.72. The van der Waals surface area contributed by atoms with Gasteiger partial charge in [-0.2, -0.15) is 0 Å². The number of carbonyl (C=O) groups excluding carboxylic acids is 1. The molecule has 1 amide bonds. The van der Waals surface area contributed by atoms with Gasteiger partial charge in [-0.15, -0.1) is 0 Å². The molecule has 0 fully saturated rings. The van der Waals surface area contributed by atoms with E-state index < -0.39 is 0 Å². The number of nitrogens with one attached hydrogen (secondary N) is 1. The summed E-state index contributed by atoms with van der Waals surface area (Å²) < 4.78 is 0. The Labute approximate surface area is 95.0 Å². The quantitative estimate of drug-likeness (QED) is 0.761. The molecule has 4 nitrogen and oxygen atoms in total. The highest BCUT2D eigenvalue weighted by Crippen LogP contribution is 2.06. The number of carbonyl (C=O) groups is 1. The first kappa shape index (κ1) is 10.8. The van der Waals surface area contributed by atoms with Crippen LogP contribution in [0.5, 0.6) is 0 Å². The van der Waals surface area contributed by atoms with Crippen LogP contribution in [0.4, 0.5) is 0 Å². The Bertz CT molecular complexity index is 400. The largest absolute Gasteiger partial charge is 0.284 e. The van der Waals surface area contributed by atoms with Crippen LogP contribution in [0.15, 0.2) is 36.2 Å². The monoisotopic (exact) mass is 217 g/mol. The lowest BCUT2D eigenvalue weighted by Gasteiger charge is -2.26. The summed E-state index contributed by atoms with van der Waals surface area (Å²) >= 11 is 0. The van der Waals surface area contributed by atoms with Crippen LogP contribution in [0.1, 0.15) is 23.7 Å². The number of rotatable bonds is 2. The fourth-order valence-electron chi connectivity index (χ4n) is 1.72. The van der Waals surface area contributed by atoms with Gasteiger partial charge in [0.05, 0.1) is 0 Å². The molecule has 0 bridgehead atoms. The van der Waals surface area contributed by atoms with Crippen LogP contribution in [0.2, 0.25) is 0 Å². The van der Waals surface area contributed by atoms with Crippen LogP contribution >= 0.6 is 0 Å². The van der Waals surface area contributed by atoms with Gasteiger partial charge >= 0.3 is 0 Å². The van der Waals surface area contributed by atoms with Gasteiger partial charge in [0.2, 0.25) is 0 Å². The van der Waals surface area contributed by atoms with Crippen molar-refractivity contribution in [1.82, 2.24) is 15.4 Å². The van der Waals surface area contributed by atoms with E-state index in [0.29, 0.717) is 5.56 Å². The second kappa shape index (κ2) is 4.90. The van der Waals surface area contributed by atoms with Crippen molar-refractivity contribution in [3.8, 4) is 0 Å². The van der Waals surface area contributed by atoms with Crippen molar-refractivity contribution in [3.05, 3.63) is 41.7 Å². The number of hydrogen-bond acceptors (Lipinski definition) is 3. The van der Waals surface area contributed by atoms with E-state index in [4.69, 9.17) is 0 Å². The summed E-state index contributed by atoms with van der Waals surface area (Å²) in [4.78, 5) is 15.7. The zero-order chi connectivity index (χ0) is 11.4. The lowest BCUT2D eigenvalue weighted by molar-refractivity contribution is 0.0799. The van der Waals surface area contributed by atoms with Crippen molar-refractivity contribution in [2.45, 2.75) is 13.3 Å². The minimum absolute atomic E-state index is 0.0721. The first-order valence-corrected chi connectivity index (χ1v) is 5.37. The SMILES string of the molecule is CC1=CCCN(NC(=O)c2ccncc2)C1. The Hall–Kier alpha value is -1.68. The Kier molecular flexibility index (Phi) is 3.31. The topological polar surface area (TPSA) is 45.2 Å². The molecule has 0 saturated heterocycles. The van der Waals surface area contributed by atoms with E-state index in [0.717, 1.165) is 19.5 Å². The number of aromatic nitrogens is 1. The van der Waals surface area contributed by atoms with Crippen LogP contribution in [0.25, 0.3) is 0 Å². The van der Waals surface area contributed by atoms with E-state index in [2.05, 4.69) is 23.4 Å². The van der Waals surface area contributed by atoms with Gasteiger partial charge in [-0.05, 0) is 25.5 Å². The van der Waals surface area contributed by atoms with E-state index in [-0.39, 0.29) is 5.91 Å². The Morgan fingerprint density at radius 3 is 2.88 bits per heavy atom. The molecule has 1 aliphatic heterocycles. The Morgan fingerprint density at radius 2 is 2.19 bits per heavy atom. The van der Waals surface area contributed by atoms with Crippen LogP contribution in [0, 0.1) is 0 Å². The van der Waals surface area contributed by atoms with Gasteiger partial charge in [0.15, 0.2) is 0 Å². The summed E-state index contributed by atoms with van der Waals surface area (Å²) in [5.74, 6) is -0.0721. The second-order valence-electron chi connectivity index (χ2n) is 3.94. The third-order valence-electron chi connectivity index (χ3n) is 2.53. The molecule has 1 aromatic rings. The molecule has 84 valence electrons. The molecule has 0 spiro atoms. The van der Waals surface area contributed by atoms with Gasteiger partial charge in [0, 0.05) is 31.0 Å². The third kappa shape index (κ3) is 2.67. The smallest absolute Gasteiger partial charge is 0.265 e. The molecule has 1 aromatic heterocycles. The average Bonchev–Trinajstić information content (AvgIpc) is 2.30. The standard InChI is InChI=1S/C12H15N3O/c1-10-3-2-8-15(9-10)14-12(16)11-4-6-13-7-5-11/h3-7H,2,8-9H2,1H3,(H,14,16). The Balaban J connectivity index is 1.96. The summed E-state index contributed by atoms with van der Waals surface area (Å²) in [6, 6.07) is 3.42. The molecule has 0 aliphatic carbocycles. The number of pyridine rings is 1. The molecule has 16 heavy (non-hydrogen) atoms. The zero-order valence-electron chi connectivity index (χ0n) is 9.31. The Morgan fingerprint density at radius 1 is 1.44 bits per heavy atom. The molecular weight excluding hydrogens is 202 g/mol. The summed E-state index contributed by atoms with van der Waals surface area (Å²) in [5, 5.41) is 1.94. The number of hydrazine groups is 1. The van der Waals surface area contributed by atoms with Gasteiger partial charge in [-0.1, -0.05) is 11.6 Å². The van der Waals surface area contributed by atoms with E-state index in [1.807, 2.05) is 5.01 Å². The minimum Gasteiger partial charge on any atom is -0.284 e. The molecule has 0 aromatic carbocycles. The maximum absolute atomic E-state index is 11.8. The van der Waals surface area contributed by atoms with E-state index in [1.54, 1.807) is 24.5 Å². The predicted octanol–water partition coefficient (Wildman–Crippen LogP) is 1.38.